The molecule has 0 bridgehead atoms. The van der Waals surface area contributed by atoms with Gasteiger partial charge in [0.15, 0.2) is 18.3 Å². The molecule has 0 atom stereocenters. The highest BCUT2D eigenvalue weighted by molar-refractivity contribution is 5.43. The summed E-state index contributed by atoms with van der Waals surface area (Å²) >= 11 is 0. The summed E-state index contributed by atoms with van der Waals surface area (Å²) in [7, 11) is 7.36. The first-order valence-corrected chi connectivity index (χ1v) is 5.60. The quantitative estimate of drug-likeness (QED) is 0.679. The molecule has 0 heterocycles. The van der Waals surface area contributed by atoms with Crippen molar-refractivity contribution in [3.63, 3.8) is 0 Å². The van der Waals surface area contributed by atoms with E-state index in [-0.39, 0.29) is 6.79 Å². The molecule has 0 unspecified atom stereocenters. The van der Waals surface area contributed by atoms with Crippen LogP contribution in [0, 0.1) is 0 Å². The Balaban J connectivity index is 2.70. The monoisotopic (exact) mass is 239 g/mol. The first kappa shape index (κ1) is 13.8. The molecule has 0 saturated carbocycles. The lowest BCUT2D eigenvalue weighted by atomic mass is 10.1. The second-order valence-corrected chi connectivity index (χ2v) is 4.09. The van der Waals surface area contributed by atoms with Crippen molar-refractivity contribution < 1.29 is 14.2 Å². The van der Waals surface area contributed by atoms with E-state index >= 15 is 0 Å². The fourth-order valence-electron chi connectivity index (χ4n) is 1.46. The maximum absolute atomic E-state index is 5.40. The Labute approximate surface area is 103 Å². The van der Waals surface area contributed by atoms with Gasteiger partial charge in [-0.2, -0.15) is 0 Å². The van der Waals surface area contributed by atoms with Crippen molar-refractivity contribution in [2.75, 3.05) is 41.7 Å². The zero-order valence-corrected chi connectivity index (χ0v) is 11.0. The van der Waals surface area contributed by atoms with E-state index in [9.17, 15) is 0 Å². The molecule has 0 aliphatic rings. The van der Waals surface area contributed by atoms with E-state index in [4.69, 9.17) is 14.2 Å². The van der Waals surface area contributed by atoms with E-state index in [1.54, 1.807) is 14.2 Å². The number of hydrogen-bond donors (Lipinski definition) is 0. The number of rotatable bonds is 7. The van der Waals surface area contributed by atoms with Gasteiger partial charge in [0.05, 0.1) is 7.11 Å². The molecule has 0 saturated heterocycles. The highest BCUT2D eigenvalue weighted by Gasteiger charge is 2.05. The van der Waals surface area contributed by atoms with Crippen molar-refractivity contribution in [3.8, 4) is 11.5 Å². The third-order valence-corrected chi connectivity index (χ3v) is 2.41. The second kappa shape index (κ2) is 7.14. The van der Waals surface area contributed by atoms with Crippen molar-refractivity contribution >= 4 is 0 Å². The first-order chi connectivity index (χ1) is 8.17. The number of benzene rings is 1. The van der Waals surface area contributed by atoms with Crippen LogP contribution in [-0.4, -0.2) is 46.6 Å². The van der Waals surface area contributed by atoms with Crippen LogP contribution in [0.5, 0.6) is 11.5 Å². The second-order valence-electron chi connectivity index (χ2n) is 4.09. The van der Waals surface area contributed by atoms with Gasteiger partial charge in [-0.3, -0.25) is 0 Å². The minimum Gasteiger partial charge on any atom is -0.493 e. The van der Waals surface area contributed by atoms with E-state index in [0.29, 0.717) is 5.75 Å². The van der Waals surface area contributed by atoms with Gasteiger partial charge in [0.2, 0.25) is 0 Å². The van der Waals surface area contributed by atoms with Gasteiger partial charge < -0.3 is 19.1 Å². The van der Waals surface area contributed by atoms with Gasteiger partial charge in [0.25, 0.3) is 0 Å². The van der Waals surface area contributed by atoms with E-state index in [0.717, 1.165) is 18.7 Å². The Morgan fingerprint density at radius 2 is 1.88 bits per heavy atom. The molecule has 4 heteroatoms. The van der Waals surface area contributed by atoms with Crippen LogP contribution in [0.2, 0.25) is 0 Å². The Bertz CT molecular complexity index is 339. The lowest BCUT2D eigenvalue weighted by molar-refractivity contribution is 0.0491. The van der Waals surface area contributed by atoms with Crippen LogP contribution >= 0.6 is 0 Å². The fourth-order valence-corrected chi connectivity index (χ4v) is 1.46. The summed E-state index contributed by atoms with van der Waals surface area (Å²) in [4.78, 5) is 2.15. The largest absolute Gasteiger partial charge is 0.493 e. The normalized spacial score (nSPS) is 10.6. The lowest BCUT2D eigenvalue weighted by Gasteiger charge is -2.13. The number of ether oxygens (including phenoxy) is 3. The molecule has 0 radical (unpaired) electrons. The summed E-state index contributed by atoms with van der Waals surface area (Å²) in [6.07, 6.45) is 0.994. The standard InChI is InChI=1S/C13H21NO3/c1-14(2)8-7-11-5-6-12(17-10-15-3)13(9-11)16-4/h5-6,9H,7-8,10H2,1-4H3. The van der Waals surface area contributed by atoms with Gasteiger partial charge in [0, 0.05) is 13.7 Å². The van der Waals surface area contributed by atoms with Crippen LogP contribution in [0.4, 0.5) is 0 Å². The van der Waals surface area contributed by atoms with Crippen molar-refractivity contribution in [1.29, 1.82) is 0 Å². The van der Waals surface area contributed by atoms with Crippen molar-refractivity contribution in [3.05, 3.63) is 23.8 Å². The molecule has 1 aromatic rings. The molecule has 0 fully saturated rings. The maximum atomic E-state index is 5.40. The lowest BCUT2D eigenvalue weighted by Crippen LogP contribution is -2.15. The van der Waals surface area contributed by atoms with Crippen LogP contribution in [0.1, 0.15) is 5.56 Å². The number of likely N-dealkylation sites (N-methyl/N-ethyl adjacent to an activating group) is 1. The summed E-state index contributed by atoms with van der Waals surface area (Å²) in [6, 6.07) is 5.98. The molecule has 0 aliphatic heterocycles. The molecule has 96 valence electrons. The van der Waals surface area contributed by atoms with Gasteiger partial charge in [-0.15, -0.1) is 0 Å². The molecule has 0 N–H and O–H groups in total. The van der Waals surface area contributed by atoms with Gasteiger partial charge in [-0.25, -0.2) is 0 Å². The highest BCUT2D eigenvalue weighted by atomic mass is 16.7. The Kier molecular flexibility index (Phi) is 5.80. The van der Waals surface area contributed by atoms with Crippen LogP contribution in [0.15, 0.2) is 18.2 Å². The molecule has 1 aromatic carbocycles. The average Bonchev–Trinajstić information content (AvgIpc) is 2.34. The van der Waals surface area contributed by atoms with E-state index < -0.39 is 0 Å². The summed E-state index contributed by atoms with van der Waals surface area (Å²) in [5.41, 5.74) is 1.24. The minimum absolute atomic E-state index is 0.230. The Morgan fingerprint density at radius 1 is 1.12 bits per heavy atom. The van der Waals surface area contributed by atoms with Gasteiger partial charge in [0.1, 0.15) is 0 Å². The molecule has 0 amide bonds. The van der Waals surface area contributed by atoms with Crippen molar-refractivity contribution in [2.45, 2.75) is 6.42 Å². The third kappa shape index (κ3) is 4.63. The van der Waals surface area contributed by atoms with E-state index in [1.165, 1.54) is 5.56 Å². The van der Waals surface area contributed by atoms with Gasteiger partial charge >= 0.3 is 0 Å². The SMILES string of the molecule is COCOc1ccc(CCN(C)C)cc1OC. The minimum atomic E-state index is 0.230. The molecule has 4 nitrogen and oxygen atoms in total. The first-order valence-electron chi connectivity index (χ1n) is 5.60. The summed E-state index contributed by atoms with van der Waals surface area (Å²) in [6.45, 7) is 1.24. The molecular formula is C13H21NO3. The topological polar surface area (TPSA) is 30.9 Å². The average molecular weight is 239 g/mol. The van der Waals surface area contributed by atoms with Crippen LogP contribution in [0.3, 0.4) is 0 Å². The predicted octanol–water partition coefficient (Wildman–Crippen LogP) is 1.78. The number of hydrogen-bond acceptors (Lipinski definition) is 4. The van der Waals surface area contributed by atoms with Crippen molar-refractivity contribution in [1.82, 2.24) is 4.90 Å². The zero-order chi connectivity index (χ0) is 12.7. The smallest absolute Gasteiger partial charge is 0.188 e. The molecule has 0 aromatic heterocycles. The Hall–Kier alpha value is -1.26. The predicted molar refractivity (Wildman–Crippen MR) is 67.8 cm³/mol. The number of methoxy groups -OCH3 is 2. The van der Waals surface area contributed by atoms with E-state index in [2.05, 4.69) is 25.1 Å². The molecule has 17 heavy (non-hydrogen) atoms. The summed E-state index contributed by atoms with van der Waals surface area (Å²) < 4.78 is 15.6. The highest BCUT2D eigenvalue weighted by Crippen LogP contribution is 2.28. The van der Waals surface area contributed by atoms with Crippen molar-refractivity contribution in [2.24, 2.45) is 0 Å². The third-order valence-electron chi connectivity index (χ3n) is 2.41. The van der Waals surface area contributed by atoms with Crippen LogP contribution in [0.25, 0.3) is 0 Å². The molecular weight excluding hydrogens is 218 g/mol. The van der Waals surface area contributed by atoms with Crippen LogP contribution in [-0.2, 0) is 11.2 Å². The van der Waals surface area contributed by atoms with Gasteiger partial charge in [-0.05, 0) is 38.2 Å². The van der Waals surface area contributed by atoms with Crippen LogP contribution < -0.4 is 9.47 Å². The molecule has 0 spiro atoms. The maximum Gasteiger partial charge on any atom is 0.188 e. The zero-order valence-electron chi connectivity index (χ0n) is 11.0. The summed E-state index contributed by atoms with van der Waals surface area (Å²) in [5, 5.41) is 0. The molecule has 1 rings (SSSR count). The number of nitrogens with zero attached hydrogens (tertiary/aromatic N) is 1. The Morgan fingerprint density at radius 3 is 2.47 bits per heavy atom. The van der Waals surface area contributed by atoms with E-state index in [1.807, 2.05) is 12.1 Å². The fraction of sp³-hybridized carbons (Fsp3) is 0.538. The van der Waals surface area contributed by atoms with Gasteiger partial charge in [-0.1, -0.05) is 6.07 Å². The summed E-state index contributed by atoms with van der Waals surface area (Å²) in [5.74, 6) is 1.46. The molecule has 0 aliphatic carbocycles.